The standard InChI is InChI=1S/C18H28N2/c1-2-20-13-6-9-16(12-14-20)19-18-11-5-8-15-7-3-4-10-17(15)18/h3-4,7,10,16,18-19H,2,5-6,8-9,11-14H2,1H3. The number of fused-ring (bicyclic) bond motifs is 1. The summed E-state index contributed by atoms with van der Waals surface area (Å²) in [5, 5.41) is 3.97. The van der Waals surface area contributed by atoms with Gasteiger partial charge < -0.3 is 10.2 Å². The lowest BCUT2D eigenvalue weighted by atomic mass is 9.87. The van der Waals surface area contributed by atoms with Gasteiger partial charge in [-0.25, -0.2) is 0 Å². The predicted molar refractivity (Wildman–Crippen MR) is 85.0 cm³/mol. The van der Waals surface area contributed by atoms with Crippen molar-refractivity contribution >= 4 is 0 Å². The van der Waals surface area contributed by atoms with Gasteiger partial charge in [-0.05, 0) is 69.3 Å². The fraction of sp³-hybridized carbons (Fsp3) is 0.667. The third kappa shape index (κ3) is 3.24. The Labute approximate surface area is 123 Å². The molecule has 1 N–H and O–H groups in total. The molecule has 20 heavy (non-hydrogen) atoms. The highest BCUT2D eigenvalue weighted by atomic mass is 15.1. The molecule has 2 atom stereocenters. The van der Waals surface area contributed by atoms with E-state index in [9.17, 15) is 0 Å². The topological polar surface area (TPSA) is 15.3 Å². The summed E-state index contributed by atoms with van der Waals surface area (Å²) in [7, 11) is 0. The summed E-state index contributed by atoms with van der Waals surface area (Å²) in [4.78, 5) is 2.59. The van der Waals surface area contributed by atoms with E-state index in [2.05, 4.69) is 41.4 Å². The number of rotatable bonds is 3. The zero-order chi connectivity index (χ0) is 13.8. The second-order valence-corrected chi connectivity index (χ2v) is 6.37. The molecule has 2 unspecified atom stereocenters. The normalized spacial score (nSPS) is 27.9. The van der Waals surface area contributed by atoms with Gasteiger partial charge in [0.05, 0.1) is 0 Å². The maximum absolute atomic E-state index is 3.97. The van der Waals surface area contributed by atoms with E-state index in [4.69, 9.17) is 0 Å². The third-order valence-electron chi connectivity index (χ3n) is 5.07. The SMILES string of the molecule is CCN1CCCC(NC2CCCc3ccccc32)CC1. The first kappa shape index (κ1) is 14.1. The van der Waals surface area contributed by atoms with Gasteiger partial charge in [0.15, 0.2) is 0 Å². The lowest BCUT2D eigenvalue weighted by molar-refractivity contribution is 0.293. The van der Waals surface area contributed by atoms with Crippen molar-refractivity contribution < 1.29 is 0 Å². The Morgan fingerprint density at radius 1 is 1.10 bits per heavy atom. The Kier molecular flexibility index (Phi) is 4.74. The van der Waals surface area contributed by atoms with Gasteiger partial charge in [0, 0.05) is 12.1 Å². The number of nitrogens with zero attached hydrogens (tertiary/aromatic N) is 1. The van der Waals surface area contributed by atoms with E-state index in [0.717, 1.165) is 0 Å². The molecule has 0 saturated carbocycles. The highest BCUT2D eigenvalue weighted by molar-refractivity contribution is 5.32. The van der Waals surface area contributed by atoms with Crippen molar-refractivity contribution in [1.82, 2.24) is 10.2 Å². The molecule has 1 aromatic rings. The Morgan fingerprint density at radius 2 is 2.00 bits per heavy atom. The minimum absolute atomic E-state index is 0.595. The van der Waals surface area contributed by atoms with Crippen LogP contribution in [-0.2, 0) is 6.42 Å². The zero-order valence-electron chi connectivity index (χ0n) is 12.8. The van der Waals surface area contributed by atoms with Crippen molar-refractivity contribution in [3.05, 3.63) is 35.4 Å². The van der Waals surface area contributed by atoms with E-state index in [0.29, 0.717) is 12.1 Å². The van der Waals surface area contributed by atoms with Gasteiger partial charge in [-0.1, -0.05) is 31.2 Å². The summed E-state index contributed by atoms with van der Waals surface area (Å²) < 4.78 is 0. The van der Waals surface area contributed by atoms with E-state index in [1.165, 1.54) is 58.2 Å². The molecule has 0 aromatic heterocycles. The minimum Gasteiger partial charge on any atom is -0.307 e. The lowest BCUT2D eigenvalue weighted by Crippen LogP contribution is -2.35. The molecular formula is C18H28N2. The van der Waals surface area contributed by atoms with E-state index in [-0.39, 0.29) is 0 Å². The Morgan fingerprint density at radius 3 is 2.90 bits per heavy atom. The molecule has 2 aliphatic rings. The summed E-state index contributed by atoms with van der Waals surface area (Å²) >= 11 is 0. The van der Waals surface area contributed by atoms with Crippen molar-refractivity contribution in [2.24, 2.45) is 0 Å². The summed E-state index contributed by atoms with van der Waals surface area (Å²) in [5.41, 5.74) is 3.13. The second kappa shape index (κ2) is 6.73. The third-order valence-corrected chi connectivity index (χ3v) is 5.07. The molecule has 2 nitrogen and oxygen atoms in total. The summed E-state index contributed by atoms with van der Waals surface area (Å²) in [6.07, 6.45) is 7.91. The first-order valence-corrected chi connectivity index (χ1v) is 8.43. The van der Waals surface area contributed by atoms with Gasteiger partial charge in [0.1, 0.15) is 0 Å². The van der Waals surface area contributed by atoms with Gasteiger partial charge >= 0.3 is 0 Å². The monoisotopic (exact) mass is 272 g/mol. The summed E-state index contributed by atoms with van der Waals surface area (Å²) in [6, 6.07) is 10.3. The summed E-state index contributed by atoms with van der Waals surface area (Å²) in [5.74, 6) is 0. The number of benzene rings is 1. The average molecular weight is 272 g/mol. The first-order chi connectivity index (χ1) is 9.86. The maximum Gasteiger partial charge on any atom is 0.0325 e. The molecule has 0 radical (unpaired) electrons. The lowest BCUT2D eigenvalue weighted by Gasteiger charge is -2.30. The Bertz CT molecular complexity index is 429. The Hall–Kier alpha value is -0.860. The van der Waals surface area contributed by atoms with Crippen molar-refractivity contribution in [1.29, 1.82) is 0 Å². The van der Waals surface area contributed by atoms with Crippen LogP contribution >= 0.6 is 0 Å². The molecule has 1 aromatic carbocycles. The first-order valence-electron chi connectivity index (χ1n) is 8.43. The van der Waals surface area contributed by atoms with E-state index >= 15 is 0 Å². The molecule has 1 saturated heterocycles. The predicted octanol–water partition coefficient (Wildman–Crippen LogP) is 3.53. The second-order valence-electron chi connectivity index (χ2n) is 6.37. The van der Waals surface area contributed by atoms with Crippen LogP contribution in [0.25, 0.3) is 0 Å². The molecule has 0 spiro atoms. The molecule has 3 rings (SSSR count). The average Bonchev–Trinajstić information content (AvgIpc) is 2.73. The molecule has 1 aliphatic heterocycles. The Balaban J connectivity index is 1.64. The molecule has 0 bridgehead atoms. The molecule has 110 valence electrons. The van der Waals surface area contributed by atoms with Crippen molar-refractivity contribution in [3.8, 4) is 0 Å². The number of nitrogens with one attached hydrogen (secondary N) is 1. The molecule has 0 amide bonds. The molecule has 1 heterocycles. The van der Waals surface area contributed by atoms with Gasteiger partial charge in [0.2, 0.25) is 0 Å². The molecule has 1 fully saturated rings. The van der Waals surface area contributed by atoms with Crippen LogP contribution in [0.5, 0.6) is 0 Å². The number of hydrogen-bond acceptors (Lipinski definition) is 2. The van der Waals surface area contributed by atoms with Gasteiger partial charge in [-0.2, -0.15) is 0 Å². The molecule has 2 heteroatoms. The minimum atomic E-state index is 0.595. The smallest absolute Gasteiger partial charge is 0.0325 e. The fourth-order valence-corrected chi connectivity index (χ4v) is 3.85. The van der Waals surface area contributed by atoms with Crippen LogP contribution in [0, 0.1) is 0 Å². The van der Waals surface area contributed by atoms with Crippen molar-refractivity contribution in [2.75, 3.05) is 19.6 Å². The molecule has 1 aliphatic carbocycles. The van der Waals surface area contributed by atoms with Gasteiger partial charge in [-0.15, -0.1) is 0 Å². The molecular weight excluding hydrogens is 244 g/mol. The van der Waals surface area contributed by atoms with Crippen LogP contribution in [-0.4, -0.2) is 30.6 Å². The summed E-state index contributed by atoms with van der Waals surface area (Å²) in [6.45, 7) is 6.04. The highest BCUT2D eigenvalue weighted by Gasteiger charge is 2.23. The number of aryl methyl sites for hydroxylation is 1. The number of hydrogen-bond donors (Lipinski definition) is 1. The van der Waals surface area contributed by atoms with Gasteiger partial charge in [-0.3, -0.25) is 0 Å². The van der Waals surface area contributed by atoms with Crippen LogP contribution < -0.4 is 5.32 Å². The van der Waals surface area contributed by atoms with Crippen LogP contribution in [0.15, 0.2) is 24.3 Å². The van der Waals surface area contributed by atoms with E-state index in [1.807, 2.05) is 0 Å². The quantitative estimate of drug-likeness (QED) is 0.905. The highest BCUT2D eigenvalue weighted by Crippen LogP contribution is 2.30. The van der Waals surface area contributed by atoms with E-state index in [1.54, 1.807) is 11.1 Å². The van der Waals surface area contributed by atoms with Crippen LogP contribution in [0.2, 0.25) is 0 Å². The van der Waals surface area contributed by atoms with Crippen molar-refractivity contribution in [2.45, 2.75) is 57.5 Å². The van der Waals surface area contributed by atoms with Crippen LogP contribution in [0.1, 0.15) is 56.2 Å². The maximum atomic E-state index is 3.97. The fourth-order valence-electron chi connectivity index (χ4n) is 3.85. The van der Waals surface area contributed by atoms with Crippen molar-refractivity contribution in [3.63, 3.8) is 0 Å². The van der Waals surface area contributed by atoms with Crippen LogP contribution in [0.3, 0.4) is 0 Å². The largest absolute Gasteiger partial charge is 0.307 e. The van der Waals surface area contributed by atoms with Gasteiger partial charge in [0.25, 0.3) is 0 Å². The number of likely N-dealkylation sites (tertiary alicyclic amines) is 1. The zero-order valence-corrected chi connectivity index (χ0v) is 12.8. The van der Waals surface area contributed by atoms with E-state index < -0.39 is 0 Å². The van der Waals surface area contributed by atoms with Crippen LogP contribution in [0.4, 0.5) is 0 Å².